The molecule has 0 aliphatic carbocycles. The van der Waals surface area contributed by atoms with Gasteiger partial charge >= 0.3 is 0 Å². The van der Waals surface area contributed by atoms with Crippen LogP contribution in [0.15, 0.2) is 249 Å². The number of fused-ring (bicyclic) bond motifs is 12. The van der Waals surface area contributed by atoms with Crippen LogP contribution in [0, 0.1) is 20.8 Å². The van der Waals surface area contributed by atoms with E-state index in [1.807, 2.05) is 6.07 Å². The summed E-state index contributed by atoms with van der Waals surface area (Å²) in [5.41, 5.74) is 22.3. The van der Waals surface area contributed by atoms with Crippen molar-refractivity contribution in [1.29, 1.82) is 0 Å². The van der Waals surface area contributed by atoms with Crippen molar-refractivity contribution in [2.24, 2.45) is 0 Å². The molecule has 0 aliphatic rings. The smallest absolute Gasteiger partial charge is 0.160 e. The maximum Gasteiger partial charge on any atom is 0.160 e. The molecule has 6 nitrogen and oxygen atoms in total. The molecule has 16 rings (SSSR count). The number of rotatable bonds is 7. The highest BCUT2D eigenvalue weighted by molar-refractivity contribution is 6.14. The van der Waals surface area contributed by atoms with Crippen LogP contribution in [0.3, 0.4) is 0 Å². The van der Waals surface area contributed by atoms with Crippen LogP contribution in [0.25, 0.3) is 144 Å². The second kappa shape index (κ2) is 17.4. The molecule has 0 aliphatic heterocycles. The molecular weight excluding hydrogens is 961 g/mol. The Balaban J connectivity index is 0.805. The summed E-state index contributed by atoms with van der Waals surface area (Å²) >= 11 is 0. The number of hydrogen-bond acceptors (Lipinski definition) is 2. The van der Waals surface area contributed by atoms with Gasteiger partial charge < -0.3 is 18.3 Å². The van der Waals surface area contributed by atoms with E-state index in [0.29, 0.717) is 5.82 Å². The third-order valence-corrected chi connectivity index (χ3v) is 16.5. The monoisotopic (exact) mass is 1010 g/mol. The molecular formula is C73H50N6. The Labute approximate surface area is 455 Å². The van der Waals surface area contributed by atoms with Gasteiger partial charge in [-0.25, -0.2) is 9.97 Å². The molecule has 5 aromatic heterocycles. The number of nitrogens with zero attached hydrogens (tertiary/aromatic N) is 6. The van der Waals surface area contributed by atoms with E-state index in [9.17, 15) is 0 Å². The highest BCUT2D eigenvalue weighted by atomic mass is 15.0. The van der Waals surface area contributed by atoms with Crippen LogP contribution in [0.1, 0.15) is 16.7 Å². The zero-order valence-electron chi connectivity index (χ0n) is 43.9. The van der Waals surface area contributed by atoms with Gasteiger partial charge in [0.15, 0.2) is 5.82 Å². The van der Waals surface area contributed by atoms with Crippen LogP contribution < -0.4 is 0 Å². The summed E-state index contributed by atoms with van der Waals surface area (Å²) in [6, 6.07) is 90.4. The van der Waals surface area contributed by atoms with Gasteiger partial charge in [-0.2, -0.15) is 0 Å². The van der Waals surface area contributed by atoms with Crippen molar-refractivity contribution in [2.45, 2.75) is 20.8 Å². The highest BCUT2D eigenvalue weighted by Crippen LogP contribution is 2.42. The Hall–Kier alpha value is -10.3. The zero-order valence-corrected chi connectivity index (χ0v) is 43.9. The Kier molecular flexibility index (Phi) is 9.88. The van der Waals surface area contributed by atoms with Gasteiger partial charge in [-0.15, -0.1) is 0 Å². The second-order valence-corrected chi connectivity index (χ2v) is 21.1. The van der Waals surface area contributed by atoms with Gasteiger partial charge in [-0.05, 0) is 141 Å². The first-order valence-electron chi connectivity index (χ1n) is 27.1. The highest BCUT2D eigenvalue weighted by Gasteiger charge is 2.22. The average Bonchev–Trinajstić information content (AvgIpc) is 4.43. The van der Waals surface area contributed by atoms with E-state index in [2.05, 4.69) is 282 Å². The van der Waals surface area contributed by atoms with Crippen molar-refractivity contribution < 1.29 is 0 Å². The molecule has 0 unspecified atom stereocenters. The van der Waals surface area contributed by atoms with Crippen molar-refractivity contribution >= 4 is 87.2 Å². The first-order valence-corrected chi connectivity index (χ1v) is 27.1. The Morgan fingerprint density at radius 1 is 0.253 bits per heavy atom. The lowest BCUT2D eigenvalue weighted by molar-refractivity contribution is 1.14. The maximum atomic E-state index is 5.38. The van der Waals surface area contributed by atoms with Crippen molar-refractivity contribution in [2.75, 3.05) is 0 Å². The standard InChI is InChI=1S/C73H50N6/c1-45-39-49(76-68-31-17-11-25-58(68)60-42-50(34-37-70(60)76)77-64-27-13-7-21-54(64)55-22-8-14-28-65(55)77)33-36-53(45)62-44-63(75-73(74-62)48-19-5-4-6-20-48)72-46(2)40-52(41-47(72)3)79-69-32-18-12-26-59(69)61-43-51(35-38-71(61)79)78-66-29-15-9-23-56(66)57-24-10-16-30-67(57)78/h4-44H,1-3H3. The topological polar surface area (TPSA) is 45.5 Å². The van der Waals surface area contributed by atoms with E-state index in [4.69, 9.17) is 9.97 Å². The predicted octanol–water partition coefficient (Wildman–Crippen LogP) is 18.8. The molecule has 5 heterocycles. The Bertz CT molecular complexity index is 5050. The van der Waals surface area contributed by atoms with Gasteiger partial charge in [-0.3, -0.25) is 0 Å². The molecule has 79 heavy (non-hydrogen) atoms. The number of para-hydroxylation sites is 6. The molecule has 0 amide bonds. The normalized spacial score (nSPS) is 12.0. The first-order chi connectivity index (χ1) is 38.9. The lowest BCUT2D eigenvalue weighted by Gasteiger charge is -2.17. The minimum Gasteiger partial charge on any atom is -0.309 e. The lowest BCUT2D eigenvalue weighted by atomic mass is 9.96. The van der Waals surface area contributed by atoms with Crippen molar-refractivity contribution in [3.05, 3.63) is 265 Å². The number of aryl methyl sites for hydroxylation is 3. The third kappa shape index (κ3) is 6.84. The first kappa shape index (κ1) is 44.9. The van der Waals surface area contributed by atoms with Crippen LogP contribution in [-0.2, 0) is 0 Å². The number of aromatic nitrogens is 6. The quantitative estimate of drug-likeness (QED) is 0.160. The summed E-state index contributed by atoms with van der Waals surface area (Å²) in [5.74, 6) is 0.697. The van der Waals surface area contributed by atoms with Crippen molar-refractivity contribution in [3.8, 4) is 56.7 Å². The maximum absolute atomic E-state index is 5.38. The molecule has 0 atom stereocenters. The molecule has 0 spiro atoms. The molecule has 11 aromatic carbocycles. The minimum absolute atomic E-state index is 0.697. The molecule has 0 saturated carbocycles. The molecule has 0 bridgehead atoms. The van der Waals surface area contributed by atoms with Gasteiger partial charge in [-0.1, -0.05) is 146 Å². The van der Waals surface area contributed by atoms with E-state index in [-0.39, 0.29) is 0 Å². The van der Waals surface area contributed by atoms with E-state index in [1.165, 1.54) is 76.2 Å². The van der Waals surface area contributed by atoms with E-state index < -0.39 is 0 Å². The lowest BCUT2D eigenvalue weighted by Crippen LogP contribution is -2.02. The Morgan fingerprint density at radius 3 is 1.01 bits per heavy atom. The second-order valence-electron chi connectivity index (χ2n) is 21.1. The van der Waals surface area contributed by atoms with E-state index in [0.717, 1.165) is 78.6 Å². The molecule has 0 radical (unpaired) electrons. The summed E-state index contributed by atoms with van der Waals surface area (Å²) in [7, 11) is 0. The van der Waals surface area contributed by atoms with Crippen LogP contribution in [-0.4, -0.2) is 28.2 Å². The zero-order chi connectivity index (χ0) is 52.5. The van der Waals surface area contributed by atoms with Crippen LogP contribution >= 0.6 is 0 Å². The molecule has 0 fully saturated rings. The van der Waals surface area contributed by atoms with Gasteiger partial charge in [0.25, 0.3) is 0 Å². The minimum atomic E-state index is 0.697. The van der Waals surface area contributed by atoms with Gasteiger partial charge in [0.2, 0.25) is 0 Å². The summed E-state index contributed by atoms with van der Waals surface area (Å²) in [6.07, 6.45) is 0. The van der Waals surface area contributed by atoms with Crippen LogP contribution in [0.2, 0.25) is 0 Å². The fourth-order valence-corrected chi connectivity index (χ4v) is 13.1. The van der Waals surface area contributed by atoms with E-state index in [1.54, 1.807) is 0 Å². The molecule has 372 valence electrons. The summed E-state index contributed by atoms with van der Waals surface area (Å²) in [5, 5.41) is 9.89. The van der Waals surface area contributed by atoms with Crippen molar-refractivity contribution in [1.82, 2.24) is 28.2 Å². The fourth-order valence-electron chi connectivity index (χ4n) is 13.1. The largest absolute Gasteiger partial charge is 0.309 e. The van der Waals surface area contributed by atoms with Crippen LogP contribution in [0.4, 0.5) is 0 Å². The Morgan fingerprint density at radius 2 is 0.582 bits per heavy atom. The fraction of sp³-hybridized carbons (Fsp3) is 0.0411. The summed E-state index contributed by atoms with van der Waals surface area (Å²) < 4.78 is 9.65. The average molecular weight is 1010 g/mol. The molecule has 16 aromatic rings. The number of benzene rings is 11. The summed E-state index contributed by atoms with van der Waals surface area (Å²) in [6.45, 7) is 6.66. The van der Waals surface area contributed by atoms with Gasteiger partial charge in [0.05, 0.1) is 55.5 Å². The molecule has 6 heteroatoms. The van der Waals surface area contributed by atoms with Crippen LogP contribution in [0.5, 0.6) is 0 Å². The molecule has 0 N–H and O–H groups in total. The van der Waals surface area contributed by atoms with Gasteiger partial charge in [0.1, 0.15) is 0 Å². The number of hydrogen-bond donors (Lipinski definition) is 0. The third-order valence-electron chi connectivity index (χ3n) is 16.5. The summed E-state index contributed by atoms with van der Waals surface area (Å²) in [4.78, 5) is 10.7. The molecule has 0 saturated heterocycles. The van der Waals surface area contributed by atoms with Gasteiger partial charge in [0, 0.05) is 82.5 Å². The van der Waals surface area contributed by atoms with Crippen molar-refractivity contribution in [3.63, 3.8) is 0 Å². The predicted molar refractivity (Wildman–Crippen MR) is 330 cm³/mol. The SMILES string of the molecule is Cc1cc(-n2c3ccccc3c3cc(-n4c5ccccc5c5ccccc54)ccc32)ccc1-c1cc(-c2c(C)cc(-n3c4ccccc4c4cc(-n5c6ccccc6c6ccccc65)ccc43)cc2C)nc(-c2ccccc2)n1. The van der Waals surface area contributed by atoms with E-state index >= 15 is 0 Å².